The number of hydrogen-bond acceptors (Lipinski definition) is 4. The van der Waals surface area contributed by atoms with Crippen LogP contribution in [0.15, 0.2) is 46.0 Å². The van der Waals surface area contributed by atoms with Crippen molar-refractivity contribution in [2.24, 2.45) is 15.9 Å². The first kappa shape index (κ1) is 17.8. The van der Waals surface area contributed by atoms with Gasteiger partial charge in [-0.15, -0.1) is 0 Å². The van der Waals surface area contributed by atoms with Gasteiger partial charge in [0, 0.05) is 20.3 Å². The molecule has 1 aromatic rings. The highest BCUT2D eigenvalue weighted by Gasteiger charge is 2.45. The van der Waals surface area contributed by atoms with Gasteiger partial charge in [-0.05, 0) is 30.7 Å². The Morgan fingerprint density at radius 2 is 1.85 bits per heavy atom. The number of rotatable bonds is 1. The van der Waals surface area contributed by atoms with Crippen molar-refractivity contribution in [2.75, 3.05) is 14.1 Å². The molecule has 1 fully saturated rings. The second-order valence-corrected chi connectivity index (χ2v) is 6.02. The predicted molar refractivity (Wildman–Crippen MR) is 89.2 cm³/mol. The fraction of sp³-hybridized carbons (Fsp3) is 0.294. The summed E-state index contributed by atoms with van der Waals surface area (Å²) in [6, 6.07) is 4.01. The minimum atomic E-state index is -4.49. The van der Waals surface area contributed by atoms with Gasteiger partial charge < -0.3 is 0 Å². The van der Waals surface area contributed by atoms with E-state index in [1.165, 1.54) is 37.3 Å². The van der Waals surface area contributed by atoms with Crippen molar-refractivity contribution in [3.8, 4) is 0 Å². The van der Waals surface area contributed by atoms with Crippen LogP contribution in [0.4, 0.5) is 23.7 Å². The summed E-state index contributed by atoms with van der Waals surface area (Å²) in [6.45, 7) is 1.66. The molecule has 3 rings (SSSR count). The van der Waals surface area contributed by atoms with E-state index in [2.05, 4.69) is 9.98 Å². The molecule has 26 heavy (non-hydrogen) atoms. The molecule has 2 aliphatic heterocycles. The maximum absolute atomic E-state index is 12.9. The number of amidine groups is 1. The molecular weight excluding hydrogens is 349 g/mol. The average molecular weight is 364 g/mol. The summed E-state index contributed by atoms with van der Waals surface area (Å²) in [7, 11) is 2.82. The molecule has 0 aliphatic carbocycles. The van der Waals surface area contributed by atoms with Gasteiger partial charge in [-0.25, -0.2) is 9.79 Å². The van der Waals surface area contributed by atoms with Crippen LogP contribution in [0.5, 0.6) is 0 Å². The first-order valence-corrected chi connectivity index (χ1v) is 7.67. The van der Waals surface area contributed by atoms with E-state index < -0.39 is 29.6 Å². The van der Waals surface area contributed by atoms with Gasteiger partial charge in [-0.2, -0.15) is 13.2 Å². The highest BCUT2D eigenvalue weighted by Crippen LogP contribution is 2.33. The lowest BCUT2D eigenvalue weighted by Gasteiger charge is -2.37. The molecule has 9 heteroatoms. The largest absolute Gasteiger partial charge is 0.416 e. The van der Waals surface area contributed by atoms with E-state index in [4.69, 9.17) is 0 Å². The first-order chi connectivity index (χ1) is 12.1. The van der Waals surface area contributed by atoms with E-state index >= 15 is 0 Å². The topological polar surface area (TPSA) is 65.3 Å². The molecule has 1 atom stereocenters. The number of carbonyl (C=O) groups excluding carboxylic acids is 2. The zero-order chi connectivity index (χ0) is 19.2. The number of urea groups is 1. The number of benzene rings is 1. The Hall–Kier alpha value is -2.97. The monoisotopic (exact) mass is 364 g/mol. The number of hydrogen-bond donors (Lipinski definition) is 0. The Morgan fingerprint density at radius 1 is 1.15 bits per heavy atom. The molecule has 0 bridgehead atoms. The SMILES string of the molecule is CC1=CN=C2C(C(=O)N(C)C(=O)N2C)C1=Nc1cccc(C(F)(F)F)c1. The van der Waals surface area contributed by atoms with E-state index in [-0.39, 0.29) is 17.2 Å². The molecule has 6 nitrogen and oxygen atoms in total. The molecule has 3 amide bonds. The second-order valence-electron chi connectivity index (χ2n) is 6.02. The number of imide groups is 1. The van der Waals surface area contributed by atoms with Crippen LogP contribution < -0.4 is 0 Å². The second kappa shape index (κ2) is 6.08. The number of amides is 3. The molecule has 1 unspecified atom stereocenters. The minimum absolute atomic E-state index is 0.0684. The highest BCUT2D eigenvalue weighted by atomic mass is 19.4. The van der Waals surface area contributed by atoms with Crippen molar-refractivity contribution in [1.29, 1.82) is 0 Å². The Morgan fingerprint density at radius 3 is 2.50 bits per heavy atom. The molecule has 0 saturated carbocycles. The summed E-state index contributed by atoms with van der Waals surface area (Å²) in [5, 5.41) is 0. The fourth-order valence-electron chi connectivity index (χ4n) is 2.82. The molecule has 0 aromatic heterocycles. The third-order valence-electron chi connectivity index (χ3n) is 4.24. The molecule has 2 heterocycles. The van der Waals surface area contributed by atoms with Crippen LogP contribution in [-0.2, 0) is 11.0 Å². The maximum atomic E-state index is 12.9. The number of aliphatic imine (C=N–C) groups is 2. The van der Waals surface area contributed by atoms with E-state index in [0.29, 0.717) is 5.57 Å². The Balaban J connectivity index is 2.09. The van der Waals surface area contributed by atoms with Gasteiger partial charge in [0.25, 0.3) is 0 Å². The number of alkyl halides is 3. The van der Waals surface area contributed by atoms with Crippen LogP contribution >= 0.6 is 0 Å². The third kappa shape index (κ3) is 2.89. The standard InChI is InChI=1S/C17H15F3N4O2/c1-9-8-21-14-12(15(25)24(3)16(26)23(14)2)13(9)22-11-6-4-5-10(7-11)17(18,19)20/h4-8,12H,1-3H3. The van der Waals surface area contributed by atoms with Gasteiger partial charge >= 0.3 is 12.2 Å². The average Bonchev–Trinajstić information content (AvgIpc) is 2.59. The zero-order valence-corrected chi connectivity index (χ0v) is 14.2. The van der Waals surface area contributed by atoms with Crippen molar-refractivity contribution < 1.29 is 22.8 Å². The summed E-state index contributed by atoms with van der Waals surface area (Å²) >= 11 is 0. The first-order valence-electron chi connectivity index (χ1n) is 7.67. The van der Waals surface area contributed by atoms with Gasteiger partial charge in [0.05, 0.1) is 17.0 Å². The normalized spacial score (nSPS) is 22.4. The van der Waals surface area contributed by atoms with Gasteiger partial charge in [-0.1, -0.05) is 6.07 Å². The summed E-state index contributed by atoms with van der Waals surface area (Å²) in [5.41, 5.74) is 0.0510. The molecule has 0 radical (unpaired) electrons. The highest BCUT2D eigenvalue weighted by molar-refractivity contribution is 6.33. The van der Waals surface area contributed by atoms with Crippen LogP contribution in [0.1, 0.15) is 12.5 Å². The third-order valence-corrected chi connectivity index (χ3v) is 4.24. The van der Waals surface area contributed by atoms with E-state index in [1.807, 2.05) is 0 Å². The summed E-state index contributed by atoms with van der Waals surface area (Å²) in [5.74, 6) is -1.26. The quantitative estimate of drug-likeness (QED) is 0.768. The van der Waals surface area contributed by atoms with Crippen molar-refractivity contribution in [3.63, 3.8) is 0 Å². The van der Waals surface area contributed by atoms with Gasteiger partial charge in [0.2, 0.25) is 5.91 Å². The molecular formula is C17H15F3N4O2. The zero-order valence-electron chi connectivity index (χ0n) is 14.2. The van der Waals surface area contributed by atoms with Crippen LogP contribution in [-0.4, -0.2) is 47.4 Å². The molecule has 2 aliphatic rings. The number of carbonyl (C=O) groups is 2. The van der Waals surface area contributed by atoms with E-state index in [0.717, 1.165) is 17.0 Å². The van der Waals surface area contributed by atoms with Crippen LogP contribution in [0.2, 0.25) is 0 Å². The molecule has 136 valence electrons. The fourth-order valence-corrected chi connectivity index (χ4v) is 2.82. The number of nitrogens with zero attached hydrogens (tertiary/aromatic N) is 4. The molecule has 1 aromatic carbocycles. The molecule has 0 spiro atoms. The smallest absolute Gasteiger partial charge is 0.284 e. The van der Waals surface area contributed by atoms with Crippen molar-refractivity contribution >= 4 is 29.2 Å². The lowest BCUT2D eigenvalue weighted by molar-refractivity contribution is -0.137. The van der Waals surface area contributed by atoms with Gasteiger partial charge in [0.1, 0.15) is 11.8 Å². The lowest BCUT2D eigenvalue weighted by Crippen LogP contribution is -2.59. The lowest BCUT2D eigenvalue weighted by atomic mass is 9.91. The van der Waals surface area contributed by atoms with Crippen molar-refractivity contribution in [2.45, 2.75) is 13.1 Å². The van der Waals surface area contributed by atoms with Crippen molar-refractivity contribution in [3.05, 3.63) is 41.6 Å². The summed E-state index contributed by atoms with van der Waals surface area (Å²) in [4.78, 5) is 35.3. The number of fused-ring (bicyclic) bond motifs is 1. The van der Waals surface area contributed by atoms with Crippen LogP contribution in [0.25, 0.3) is 0 Å². The minimum Gasteiger partial charge on any atom is -0.284 e. The Kier molecular flexibility index (Phi) is 4.17. The summed E-state index contributed by atoms with van der Waals surface area (Å²) < 4.78 is 38.7. The van der Waals surface area contributed by atoms with E-state index in [1.54, 1.807) is 6.92 Å². The number of allylic oxidation sites excluding steroid dienone is 1. The predicted octanol–water partition coefficient (Wildman–Crippen LogP) is 3.23. The maximum Gasteiger partial charge on any atom is 0.416 e. The molecule has 1 saturated heterocycles. The Labute approximate surface area is 147 Å². The van der Waals surface area contributed by atoms with Crippen LogP contribution in [0, 0.1) is 5.92 Å². The summed E-state index contributed by atoms with van der Waals surface area (Å²) in [6.07, 6.45) is -3.05. The van der Waals surface area contributed by atoms with Gasteiger partial charge in [0.15, 0.2) is 0 Å². The number of halogens is 3. The van der Waals surface area contributed by atoms with Crippen LogP contribution in [0.3, 0.4) is 0 Å². The van der Waals surface area contributed by atoms with Crippen molar-refractivity contribution in [1.82, 2.24) is 9.80 Å². The van der Waals surface area contributed by atoms with Gasteiger partial charge in [-0.3, -0.25) is 19.6 Å². The molecule has 0 N–H and O–H groups in total. The van der Waals surface area contributed by atoms with E-state index in [9.17, 15) is 22.8 Å². The Bertz CT molecular complexity index is 886.